The number of carbonyl (C=O) groups is 1. The fourth-order valence-electron chi connectivity index (χ4n) is 1.09. The highest BCUT2D eigenvalue weighted by molar-refractivity contribution is 5.95. The largest absolute Gasteiger partial charge is 0.347 e. The summed E-state index contributed by atoms with van der Waals surface area (Å²) in [6.07, 6.45) is 0. The van der Waals surface area contributed by atoms with E-state index in [0.29, 0.717) is 0 Å². The quantitative estimate of drug-likeness (QED) is 0.613. The molecule has 0 saturated heterocycles. The van der Waals surface area contributed by atoms with Crippen LogP contribution >= 0.6 is 0 Å². The number of aromatic nitrogens is 1. The zero-order valence-electron chi connectivity index (χ0n) is 9.37. The van der Waals surface area contributed by atoms with Crippen molar-refractivity contribution in [2.45, 2.75) is 26.3 Å². The average Bonchev–Trinajstić information content (AvgIpc) is 2.12. The summed E-state index contributed by atoms with van der Waals surface area (Å²) in [6, 6.07) is 0. The van der Waals surface area contributed by atoms with Gasteiger partial charge in [-0.2, -0.15) is 13.8 Å². The first kappa shape index (κ1) is 13.4. The zero-order chi connectivity index (χ0) is 13.4. The first-order valence-corrected chi connectivity index (χ1v) is 4.66. The maximum Gasteiger partial charge on any atom is 0.258 e. The number of hydrogen-bond acceptors (Lipinski definition) is 2. The van der Waals surface area contributed by atoms with E-state index >= 15 is 0 Å². The van der Waals surface area contributed by atoms with E-state index in [-0.39, 0.29) is 0 Å². The molecule has 0 atom stereocenters. The van der Waals surface area contributed by atoms with Gasteiger partial charge in [-0.1, -0.05) is 0 Å². The van der Waals surface area contributed by atoms with Crippen molar-refractivity contribution in [1.29, 1.82) is 0 Å². The Kier molecular flexibility index (Phi) is 3.40. The van der Waals surface area contributed by atoms with Gasteiger partial charge >= 0.3 is 0 Å². The van der Waals surface area contributed by atoms with Crippen LogP contribution in [0.1, 0.15) is 31.1 Å². The van der Waals surface area contributed by atoms with Crippen LogP contribution in [0.25, 0.3) is 0 Å². The molecule has 0 aliphatic rings. The molecular formula is C10H10F4N2O. The minimum Gasteiger partial charge on any atom is -0.347 e. The van der Waals surface area contributed by atoms with Crippen molar-refractivity contribution in [3.05, 3.63) is 29.1 Å². The molecule has 1 amide bonds. The Hall–Kier alpha value is -1.66. The molecule has 94 valence electrons. The SMILES string of the molecule is CC(C)(C)NC(=O)c1c(F)c(F)nc(F)c1F. The van der Waals surface area contributed by atoms with Gasteiger partial charge in [0.25, 0.3) is 17.8 Å². The van der Waals surface area contributed by atoms with Gasteiger partial charge in [0.1, 0.15) is 5.56 Å². The molecule has 1 N–H and O–H groups in total. The van der Waals surface area contributed by atoms with E-state index in [1.165, 1.54) is 0 Å². The van der Waals surface area contributed by atoms with E-state index in [1.54, 1.807) is 20.8 Å². The van der Waals surface area contributed by atoms with Crippen LogP contribution in [0.15, 0.2) is 0 Å². The number of nitrogens with one attached hydrogen (secondary N) is 1. The zero-order valence-corrected chi connectivity index (χ0v) is 9.37. The molecule has 1 rings (SSSR count). The number of rotatable bonds is 1. The molecule has 1 heterocycles. The Bertz CT molecular complexity index is 442. The Morgan fingerprint density at radius 2 is 1.47 bits per heavy atom. The van der Waals surface area contributed by atoms with Crippen LogP contribution in [0, 0.1) is 23.5 Å². The molecule has 7 heteroatoms. The van der Waals surface area contributed by atoms with Crippen molar-refractivity contribution in [3.63, 3.8) is 0 Å². The van der Waals surface area contributed by atoms with Gasteiger partial charge in [0.05, 0.1) is 0 Å². The Morgan fingerprint density at radius 3 is 1.82 bits per heavy atom. The first-order valence-electron chi connectivity index (χ1n) is 4.66. The van der Waals surface area contributed by atoms with Gasteiger partial charge in [-0.3, -0.25) is 4.79 Å². The highest BCUT2D eigenvalue weighted by Gasteiger charge is 2.28. The average molecular weight is 250 g/mol. The maximum atomic E-state index is 13.2. The third kappa shape index (κ3) is 2.92. The molecule has 0 spiro atoms. The summed E-state index contributed by atoms with van der Waals surface area (Å²) >= 11 is 0. The third-order valence-corrected chi connectivity index (χ3v) is 1.71. The maximum absolute atomic E-state index is 13.2. The number of carbonyl (C=O) groups excluding carboxylic acids is 1. The Balaban J connectivity index is 3.27. The Labute approximate surface area is 94.8 Å². The second-order valence-electron chi connectivity index (χ2n) is 4.40. The number of pyridine rings is 1. The van der Waals surface area contributed by atoms with E-state index in [9.17, 15) is 22.4 Å². The normalized spacial score (nSPS) is 11.5. The van der Waals surface area contributed by atoms with Crippen molar-refractivity contribution in [3.8, 4) is 0 Å². The van der Waals surface area contributed by atoms with E-state index < -0.39 is 40.5 Å². The molecule has 0 unspecified atom stereocenters. The molecule has 0 fully saturated rings. The molecule has 3 nitrogen and oxygen atoms in total. The van der Waals surface area contributed by atoms with Crippen molar-refractivity contribution in [1.82, 2.24) is 10.3 Å². The van der Waals surface area contributed by atoms with Crippen LogP contribution in [-0.4, -0.2) is 16.4 Å². The van der Waals surface area contributed by atoms with Crippen molar-refractivity contribution in [2.75, 3.05) is 0 Å². The monoisotopic (exact) mass is 250 g/mol. The molecule has 0 radical (unpaired) electrons. The van der Waals surface area contributed by atoms with Crippen LogP contribution in [-0.2, 0) is 0 Å². The lowest BCUT2D eigenvalue weighted by Crippen LogP contribution is -2.41. The van der Waals surface area contributed by atoms with E-state index in [4.69, 9.17) is 0 Å². The van der Waals surface area contributed by atoms with Crippen LogP contribution in [0.2, 0.25) is 0 Å². The summed E-state index contributed by atoms with van der Waals surface area (Å²) in [6.45, 7) is 4.65. The van der Waals surface area contributed by atoms with Gasteiger partial charge in [0.15, 0.2) is 11.6 Å². The molecule has 1 aromatic rings. The molecule has 0 saturated carbocycles. The number of hydrogen-bond donors (Lipinski definition) is 1. The predicted octanol–water partition coefficient (Wildman–Crippen LogP) is 2.17. The van der Waals surface area contributed by atoms with Gasteiger partial charge in [0, 0.05) is 5.54 Å². The topological polar surface area (TPSA) is 42.0 Å². The second-order valence-corrected chi connectivity index (χ2v) is 4.40. The lowest BCUT2D eigenvalue weighted by molar-refractivity contribution is 0.0907. The minimum atomic E-state index is -1.86. The number of amides is 1. The molecule has 0 aliphatic carbocycles. The van der Waals surface area contributed by atoms with Crippen molar-refractivity contribution < 1.29 is 22.4 Å². The van der Waals surface area contributed by atoms with Gasteiger partial charge in [0.2, 0.25) is 0 Å². The van der Waals surface area contributed by atoms with E-state index in [2.05, 4.69) is 10.3 Å². The van der Waals surface area contributed by atoms with Crippen LogP contribution in [0.4, 0.5) is 17.6 Å². The first-order chi connectivity index (χ1) is 7.63. The lowest BCUT2D eigenvalue weighted by atomic mass is 10.1. The fraction of sp³-hybridized carbons (Fsp3) is 0.400. The predicted molar refractivity (Wildman–Crippen MR) is 51.3 cm³/mol. The summed E-state index contributed by atoms with van der Waals surface area (Å²) in [5, 5.41) is 2.19. The van der Waals surface area contributed by atoms with E-state index in [1.807, 2.05) is 0 Å². The highest BCUT2D eigenvalue weighted by atomic mass is 19.2. The molecule has 1 aromatic heterocycles. The second kappa shape index (κ2) is 4.31. The van der Waals surface area contributed by atoms with Crippen LogP contribution in [0.3, 0.4) is 0 Å². The van der Waals surface area contributed by atoms with Crippen LogP contribution < -0.4 is 5.32 Å². The van der Waals surface area contributed by atoms with E-state index in [0.717, 1.165) is 0 Å². The van der Waals surface area contributed by atoms with Gasteiger partial charge in [-0.25, -0.2) is 8.78 Å². The third-order valence-electron chi connectivity index (χ3n) is 1.71. The summed E-state index contributed by atoms with van der Waals surface area (Å²) in [5.74, 6) is -8.59. The lowest BCUT2D eigenvalue weighted by Gasteiger charge is -2.20. The minimum absolute atomic E-state index is 0.799. The fourth-order valence-corrected chi connectivity index (χ4v) is 1.09. The molecule has 0 aromatic carbocycles. The Morgan fingerprint density at radius 1 is 1.06 bits per heavy atom. The molecule has 17 heavy (non-hydrogen) atoms. The van der Waals surface area contributed by atoms with Crippen molar-refractivity contribution >= 4 is 5.91 Å². The van der Waals surface area contributed by atoms with Gasteiger partial charge in [-0.05, 0) is 20.8 Å². The standard InChI is InChI=1S/C10H10F4N2O/c1-10(2,3)16-9(17)4-5(11)7(13)15-8(14)6(4)12/h1-3H3,(H,16,17). The smallest absolute Gasteiger partial charge is 0.258 e. The molecule has 0 aliphatic heterocycles. The number of halogens is 4. The van der Waals surface area contributed by atoms with Gasteiger partial charge < -0.3 is 5.32 Å². The van der Waals surface area contributed by atoms with Gasteiger partial charge in [-0.15, -0.1) is 0 Å². The highest BCUT2D eigenvalue weighted by Crippen LogP contribution is 2.17. The summed E-state index contributed by atoms with van der Waals surface area (Å²) in [4.78, 5) is 13.8. The van der Waals surface area contributed by atoms with Crippen LogP contribution in [0.5, 0.6) is 0 Å². The van der Waals surface area contributed by atoms with Crippen molar-refractivity contribution in [2.24, 2.45) is 0 Å². The summed E-state index contributed by atoms with van der Waals surface area (Å²) in [7, 11) is 0. The summed E-state index contributed by atoms with van der Waals surface area (Å²) in [5.41, 5.74) is -2.11. The molecule has 0 bridgehead atoms. The molecular weight excluding hydrogens is 240 g/mol. The number of nitrogens with zero attached hydrogens (tertiary/aromatic N) is 1. The summed E-state index contributed by atoms with van der Waals surface area (Å²) < 4.78 is 51.8.